The second kappa shape index (κ2) is 5.93. The number of benzene rings is 2. The van der Waals surface area contributed by atoms with Crippen LogP contribution in [-0.4, -0.2) is 11.1 Å². The van der Waals surface area contributed by atoms with E-state index < -0.39 is 5.97 Å². The van der Waals surface area contributed by atoms with E-state index in [0.717, 1.165) is 22.3 Å². The van der Waals surface area contributed by atoms with Crippen molar-refractivity contribution in [3.05, 3.63) is 75.8 Å². The molecule has 0 heterocycles. The minimum Gasteiger partial charge on any atom is -0.478 e. The minimum atomic E-state index is -0.962. The molecular weight excluding hydrogens is 272 g/mol. The van der Waals surface area contributed by atoms with Gasteiger partial charge in [0.2, 0.25) is 0 Å². The molecule has 0 aliphatic heterocycles. The van der Waals surface area contributed by atoms with Gasteiger partial charge in [-0.15, -0.1) is 0 Å². The first-order valence-corrected chi connectivity index (χ1v) is 6.63. The molecule has 102 valence electrons. The van der Waals surface area contributed by atoms with Crippen molar-refractivity contribution in [2.24, 2.45) is 0 Å². The number of halogens is 1. The van der Waals surface area contributed by atoms with Gasteiger partial charge in [-0.05, 0) is 48.2 Å². The largest absolute Gasteiger partial charge is 0.478 e. The van der Waals surface area contributed by atoms with Gasteiger partial charge in [0.15, 0.2) is 0 Å². The molecule has 20 heavy (non-hydrogen) atoms. The lowest BCUT2D eigenvalue weighted by Gasteiger charge is -2.12. The number of carboxylic acids is 1. The van der Waals surface area contributed by atoms with Crippen LogP contribution in [0.15, 0.2) is 48.5 Å². The van der Waals surface area contributed by atoms with Gasteiger partial charge in [0.1, 0.15) is 0 Å². The zero-order valence-corrected chi connectivity index (χ0v) is 12.1. The Morgan fingerprint density at radius 1 is 1.10 bits per heavy atom. The Balaban J connectivity index is 2.62. The zero-order chi connectivity index (χ0) is 14.7. The molecular formula is C17H15ClO2. The molecule has 0 bridgehead atoms. The van der Waals surface area contributed by atoms with E-state index in [9.17, 15) is 4.79 Å². The van der Waals surface area contributed by atoms with Crippen LogP contribution in [0.25, 0.3) is 5.57 Å². The summed E-state index contributed by atoms with van der Waals surface area (Å²) in [6.07, 6.45) is 1.24. The van der Waals surface area contributed by atoms with Gasteiger partial charge < -0.3 is 5.11 Å². The third-order valence-electron chi connectivity index (χ3n) is 3.11. The Morgan fingerprint density at radius 3 is 2.35 bits per heavy atom. The SMILES string of the molecule is Cc1ccc(C)c(/C(=C/C(=O)O)c2ccc(Cl)cc2)c1. The first kappa shape index (κ1) is 14.4. The molecule has 0 spiro atoms. The molecule has 0 fully saturated rings. The lowest BCUT2D eigenvalue weighted by atomic mass is 9.93. The number of carbonyl (C=O) groups is 1. The number of rotatable bonds is 3. The molecule has 1 N–H and O–H groups in total. The molecule has 0 aliphatic rings. The third-order valence-corrected chi connectivity index (χ3v) is 3.36. The molecule has 2 rings (SSSR count). The van der Waals surface area contributed by atoms with Crippen molar-refractivity contribution in [3.8, 4) is 0 Å². The minimum absolute atomic E-state index is 0.629. The maximum Gasteiger partial charge on any atom is 0.328 e. The number of hydrogen-bond acceptors (Lipinski definition) is 1. The van der Waals surface area contributed by atoms with Crippen molar-refractivity contribution in [3.63, 3.8) is 0 Å². The van der Waals surface area contributed by atoms with Crippen molar-refractivity contribution >= 4 is 23.1 Å². The summed E-state index contributed by atoms with van der Waals surface area (Å²) in [5.41, 5.74) is 4.59. The van der Waals surface area contributed by atoms with Crippen LogP contribution in [0, 0.1) is 13.8 Å². The highest BCUT2D eigenvalue weighted by molar-refractivity contribution is 6.30. The van der Waals surface area contributed by atoms with Crippen LogP contribution >= 0.6 is 11.6 Å². The summed E-state index contributed by atoms with van der Waals surface area (Å²) < 4.78 is 0. The summed E-state index contributed by atoms with van der Waals surface area (Å²) in [5, 5.41) is 9.75. The molecule has 0 aliphatic carbocycles. The molecule has 0 aromatic heterocycles. The smallest absolute Gasteiger partial charge is 0.328 e. The summed E-state index contributed by atoms with van der Waals surface area (Å²) >= 11 is 5.89. The molecule has 0 saturated heterocycles. The first-order valence-electron chi connectivity index (χ1n) is 6.25. The molecule has 2 nitrogen and oxygen atoms in total. The van der Waals surface area contributed by atoms with Crippen LogP contribution < -0.4 is 0 Å². The molecule has 2 aromatic rings. The molecule has 0 saturated carbocycles. The number of aryl methyl sites for hydroxylation is 2. The highest BCUT2D eigenvalue weighted by atomic mass is 35.5. The van der Waals surface area contributed by atoms with Crippen molar-refractivity contribution in [1.29, 1.82) is 0 Å². The van der Waals surface area contributed by atoms with Crippen LogP contribution in [0.4, 0.5) is 0 Å². The Hall–Kier alpha value is -2.06. The fourth-order valence-electron chi connectivity index (χ4n) is 2.10. The summed E-state index contributed by atoms with van der Waals surface area (Å²) in [6.45, 7) is 3.96. The molecule has 0 radical (unpaired) electrons. The molecule has 0 amide bonds. The maximum atomic E-state index is 11.1. The van der Waals surface area contributed by atoms with Crippen LogP contribution in [-0.2, 0) is 4.79 Å². The van der Waals surface area contributed by atoms with Crippen LogP contribution in [0.3, 0.4) is 0 Å². The van der Waals surface area contributed by atoms with Crippen LogP contribution in [0.1, 0.15) is 22.3 Å². The number of carboxylic acid groups (broad SMARTS) is 1. The predicted molar refractivity (Wildman–Crippen MR) is 82.1 cm³/mol. The molecule has 3 heteroatoms. The van der Waals surface area contributed by atoms with Crippen molar-refractivity contribution in [2.75, 3.05) is 0 Å². The van der Waals surface area contributed by atoms with E-state index in [1.807, 2.05) is 44.2 Å². The highest BCUT2D eigenvalue weighted by Gasteiger charge is 2.10. The second-order valence-electron chi connectivity index (χ2n) is 4.72. The molecule has 0 unspecified atom stereocenters. The van der Waals surface area contributed by atoms with E-state index in [-0.39, 0.29) is 0 Å². The van der Waals surface area contributed by atoms with Crippen LogP contribution in [0.5, 0.6) is 0 Å². The van der Waals surface area contributed by atoms with Gasteiger partial charge in [-0.3, -0.25) is 0 Å². The quantitative estimate of drug-likeness (QED) is 0.845. The lowest BCUT2D eigenvalue weighted by Crippen LogP contribution is -1.97. The third kappa shape index (κ3) is 3.28. The lowest BCUT2D eigenvalue weighted by molar-refractivity contribution is -0.131. The van der Waals surface area contributed by atoms with Gasteiger partial charge in [0.25, 0.3) is 0 Å². The van der Waals surface area contributed by atoms with Gasteiger partial charge in [-0.25, -0.2) is 4.79 Å². The van der Waals surface area contributed by atoms with Gasteiger partial charge in [-0.1, -0.05) is 47.5 Å². The van der Waals surface area contributed by atoms with E-state index in [4.69, 9.17) is 16.7 Å². The fraction of sp³-hybridized carbons (Fsp3) is 0.118. The summed E-state index contributed by atoms with van der Waals surface area (Å²) in [4.78, 5) is 11.1. The van der Waals surface area contributed by atoms with E-state index in [1.165, 1.54) is 6.08 Å². The monoisotopic (exact) mass is 286 g/mol. The van der Waals surface area contributed by atoms with Crippen LogP contribution in [0.2, 0.25) is 5.02 Å². The topological polar surface area (TPSA) is 37.3 Å². The van der Waals surface area contributed by atoms with E-state index >= 15 is 0 Å². The first-order chi connectivity index (χ1) is 9.47. The Bertz CT molecular complexity index is 670. The average Bonchev–Trinajstić information content (AvgIpc) is 2.40. The fourth-order valence-corrected chi connectivity index (χ4v) is 2.22. The van der Waals surface area contributed by atoms with Gasteiger partial charge >= 0.3 is 5.97 Å². The standard InChI is InChI=1S/C17H15ClO2/c1-11-3-4-12(2)15(9-11)16(10-17(19)20)13-5-7-14(18)8-6-13/h3-10H,1-2H3,(H,19,20)/b16-10+. The molecule has 2 aromatic carbocycles. The Kier molecular flexibility index (Phi) is 4.26. The van der Waals surface area contributed by atoms with E-state index in [0.29, 0.717) is 10.6 Å². The summed E-state index contributed by atoms with van der Waals surface area (Å²) in [6, 6.07) is 13.2. The predicted octanol–water partition coefficient (Wildman–Crippen LogP) is 4.47. The Morgan fingerprint density at radius 2 is 1.75 bits per heavy atom. The Labute approximate surface area is 123 Å². The van der Waals surface area contributed by atoms with E-state index in [1.54, 1.807) is 12.1 Å². The van der Waals surface area contributed by atoms with Crippen molar-refractivity contribution in [1.82, 2.24) is 0 Å². The van der Waals surface area contributed by atoms with Gasteiger partial charge in [-0.2, -0.15) is 0 Å². The number of aliphatic carboxylic acids is 1. The van der Waals surface area contributed by atoms with Crippen molar-refractivity contribution < 1.29 is 9.90 Å². The maximum absolute atomic E-state index is 11.1. The number of hydrogen-bond donors (Lipinski definition) is 1. The normalized spacial score (nSPS) is 11.4. The van der Waals surface area contributed by atoms with E-state index in [2.05, 4.69) is 0 Å². The van der Waals surface area contributed by atoms with Crippen molar-refractivity contribution in [2.45, 2.75) is 13.8 Å². The van der Waals surface area contributed by atoms with Gasteiger partial charge in [0, 0.05) is 11.1 Å². The van der Waals surface area contributed by atoms with Gasteiger partial charge in [0.05, 0.1) is 0 Å². The molecule has 0 atom stereocenters. The summed E-state index contributed by atoms with van der Waals surface area (Å²) in [7, 11) is 0. The second-order valence-corrected chi connectivity index (χ2v) is 5.16. The highest BCUT2D eigenvalue weighted by Crippen LogP contribution is 2.28. The summed E-state index contributed by atoms with van der Waals surface area (Å²) in [5.74, 6) is -0.962. The zero-order valence-electron chi connectivity index (χ0n) is 11.4. The average molecular weight is 287 g/mol.